The summed E-state index contributed by atoms with van der Waals surface area (Å²) in [4.78, 5) is 0. The van der Waals surface area contributed by atoms with Gasteiger partial charge in [0.05, 0.1) is 0 Å². The van der Waals surface area contributed by atoms with Gasteiger partial charge in [-0.05, 0) is 0 Å². The zero-order valence-electron chi connectivity index (χ0n) is 27.7. The first-order valence-corrected chi connectivity index (χ1v) is 16.8. The van der Waals surface area contributed by atoms with Crippen LogP contribution < -0.4 is 0 Å². The second-order valence-corrected chi connectivity index (χ2v) is 15.8. The molecule has 0 aromatic rings. The summed E-state index contributed by atoms with van der Waals surface area (Å²) in [5.41, 5.74) is 11.2. The average molecular weight is 691 g/mol. The first kappa shape index (κ1) is 36.1. The molecule has 0 unspecified atom stereocenters. The maximum atomic E-state index is 3.26. The van der Waals surface area contributed by atoms with Gasteiger partial charge in [-0.25, -0.2) is 0 Å². The van der Waals surface area contributed by atoms with Crippen molar-refractivity contribution >= 4 is 40.0 Å². The summed E-state index contributed by atoms with van der Waals surface area (Å²) in [6, 6.07) is 0. The van der Waals surface area contributed by atoms with Crippen molar-refractivity contribution in [2.45, 2.75) is 94.9 Å². The van der Waals surface area contributed by atoms with Crippen molar-refractivity contribution < 1.29 is 0 Å². The molecule has 224 valence electrons. The summed E-state index contributed by atoms with van der Waals surface area (Å²) in [6.07, 6.45) is 35.0. The number of hydrogen-bond donors (Lipinski definition) is 0. The number of hydrogen-bond acceptors (Lipinski definition) is 0. The Morgan fingerprint density at radius 3 is 1.17 bits per heavy atom. The van der Waals surface area contributed by atoms with E-state index in [1.54, 1.807) is 0 Å². The molecule has 2 aliphatic rings. The van der Waals surface area contributed by atoms with Gasteiger partial charge < -0.3 is 0 Å². The van der Waals surface area contributed by atoms with E-state index < -0.39 is 0 Å². The molecule has 0 aromatic carbocycles. The van der Waals surface area contributed by atoms with Crippen LogP contribution in [-0.2, 0) is 0 Å². The Balaban J connectivity index is 1.91. The van der Waals surface area contributed by atoms with Gasteiger partial charge in [0.2, 0.25) is 0 Å². The van der Waals surface area contributed by atoms with E-state index in [0.29, 0.717) is 0 Å². The quantitative estimate of drug-likeness (QED) is 0.158. The van der Waals surface area contributed by atoms with Crippen LogP contribution in [-0.4, -0.2) is 40.0 Å². The average Bonchev–Trinajstić information content (AvgIpc) is 2.84. The van der Waals surface area contributed by atoms with Crippen molar-refractivity contribution in [3.63, 3.8) is 0 Å². The molecule has 0 radical (unpaired) electrons. The molecule has 0 amide bonds. The topological polar surface area (TPSA) is 0 Å². The van der Waals surface area contributed by atoms with E-state index in [-0.39, 0.29) is 10.8 Å². The first-order valence-electron chi connectivity index (χ1n) is 15.1. The fraction of sp³-hybridized carbons (Fsp3) is 0.400. The van der Waals surface area contributed by atoms with Crippen LogP contribution in [0.2, 0.25) is 0 Å². The molecule has 2 aliphatic carbocycles. The molecule has 0 bridgehead atoms. The van der Waals surface area contributed by atoms with Gasteiger partial charge in [0.15, 0.2) is 0 Å². The Morgan fingerprint density at radius 2 is 0.833 bits per heavy atom. The molecule has 2 heteroatoms. The predicted octanol–water partition coefficient (Wildman–Crippen LogP) is 10.5. The van der Waals surface area contributed by atoms with Gasteiger partial charge in [0.1, 0.15) is 0 Å². The Kier molecular flexibility index (Phi) is 14.3. The summed E-state index contributed by atoms with van der Waals surface area (Å²) >= 11 is 6.51. The Hall–Kier alpha value is -2.08. The van der Waals surface area contributed by atoms with Crippen molar-refractivity contribution in [1.29, 1.82) is 0 Å². The fourth-order valence-corrected chi connectivity index (χ4v) is 8.17. The van der Waals surface area contributed by atoms with Gasteiger partial charge >= 0.3 is 263 Å². The molecule has 0 aliphatic heterocycles. The van der Waals surface area contributed by atoms with Crippen LogP contribution in [0.15, 0.2) is 130 Å². The summed E-state index contributed by atoms with van der Waals surface area (Å²) in [5, 5.41) is 0. The van der Waals surface area contributed by atoms with Gasteiger partial charge in [0, 0.05) is 0 Å². The van der Waals surface area contributed by atoms with Gasteiger partial charge in [-0.1, -0.05) is 12.2 Å². The third kappa shape index (κ3) is 12.3. The Morgan fingerprint density at radius 1 is 0.524 bits per heavy atom. The number of allylic oxidation sites excluding steroid dienone is 22. The van der Waals surface area contributed by atoms with Crippen LogP contribution in [0, 0.1) is 10.8 Å². The SMILES string of the molecule is CC1=C(/C=C/C(C)=C/C=C/C(C)=C/C=C/C=C(C)/C=C/C=C(C)/C=C/C2=C(C)CC(=[Se])CC2(C)C)C(C)(C)CC(=[Se])C1. The maximum absolute atomic E-state index is 3.26. The van der Waals surface area contributed by atoms with E-state index in [1.807, 2.05) is 0 Å². The minimum absolute atomic E-state index is 0.192. The molecule has 0 fully saturated rings. The van der Waals surface area contributed by atoms with Crippen LogP contribution in [0.1, 0.15) is 94.9 Å². The molecule has 0 saturated carbocycles. The first-order chi connectivity index (χ1) is 19.6. The second-order valence-electron chi connectivity index (χ2n) is 13.4. The van der Waals surface area contributed by atoms with Crippen molar-refractivity contribution in [2.75, 3.05) is 0 Å². The zero-order chi connectivity index (χ0) is 31.5. The third-order valence-corrected chi connectivity index (χ3v) is 9.08. The Labute approximate surface area is 274 Å². The molecule has 0 saturated heterocycles. The molecule has 0 N–H and O–H groups in total. The molecule has 0 nitrogen and oxygen atoms in total. The zero-order valence-corrected chi connectivity index (χ0v) is 31.2. The van der Waals surface area contributed by atoms with E-state index in [1.165, 1.54) is 53.4 Å². The van der Waals surface area contributed by atoms with Crippen molar-refractivity contribution in [2.24, 2.45) is 10.8 Å². The van der Waals surface area contributed by atoms with Crippen LogP contribution in [0.4, 0.5) is 0 Å². The fourth-order valence-electron chi connectivity index (χ4n) is 5.74. The minimum atomic E-state index is 0.192. The molecular formula is C40H52Se2. The normalized spacial score (nSPS) is 21.6. The van der Waals surface area contributed by atoms with Gasteiger partial charge in [-0.2, -0.15) is 0 Å². The van der Waals surface area contributed by atoms with Crippen LogP contribution in [0.5, 0.6) is 0 Å². The van der Waals surface area contributed by atoms with Crippen LogP contribution in [0.25, 0.3) is 0 Å². The predicted molar refractivity (Wildman–Crippen MR) is 194 cm³/mol. The van der Waals surface area contributed by atoms with E-state index >= 15 is 0 Å². The monoisotopic (exact) mass is 692 g/mol. The summed E-state index contributed by atoms with van der Waals surface area (Å²) in [7, 11) is 0. The van der Waals surface area contributed by atoms with Crippen LogP contribution >= 0.6 is 0 Å². The van der Waals surface area contributed by atoms with Gasteiger partial charge in [-0.15, -0.1) is 0 Å². The van der Waals surface area contributed by atoms with Crippen molar-refractivity contribution in [3.8, 4) is 0 Å². The molecule has 0 atom stereocenters. The molecule has 0 aromatic heterocycles. The summed E-state index contributed by atoms with van der Waals surface area (Å²) < 4.78 is 2.93. The second kappa shape index (κ2) is 16.7. The molecular weight excluding hydrogens is 638 g/mol. The van der Waals surface area contributed by atoms with Gasteiger partial charge in [0.25, 0.3) is 0 Å². The van der Waals surface area contributed by atoms with Gasteiger partial charge in [-0.3, -0.25) is 0 Å². The standard InChI is InChI=1S/C40H52Se2/c1-29(17-13-19-31(3)21-23-37-33(5)25-35(41)27-39(37,7)8)15-11-12-16-30(2)18-14-20-32(4)22-24-38-34(6)26-36(42)28-40(38,9)10/h11-24H,25-28H2,1-10H3/b12-11+,17-13+,18-14+,23-21+,24-22+,29-15+,30-16+,31-19+,32-20+. The molecule has 42 heavy (non-hydrogen) atoms. The van der Waals surface area contributed by atoms with Crippen molar-refractivity contribution in [3.05, 3.63) is 130 Å². The van der Waals surface area contributed by atoms with E-state index in [9.17, 15) is 0 Å². The molecule has 2 rings (SSSR count). The van der Waals surface area contributed by atoms with E-state index in [0.717, 1.165) is 25.7 Å². The molecule has 0 spiro atoms. The molecule has 0 heterocycles. The van der Waals surface area contributed by atoms with E-state index in [4.69, 9.17) is 0 Å². The summed E-state index contributed by atoms with van der Waals surface area (Å²) in [5.74, 6) is 0. The summed E-state index contributed by atoms with van der Waals surface area (Å²) in [6.45, 7) is 22.5. The van der Waals surface area contributed by atoms with Crippen molar-refractivity contribution in [1.82, 2.24) is 0 Å². The van der Waals surface area contributed by atoms with E-state index in [2.05, 4.69) is 185 Å². The Bertz CT molecular complexity index is 1270. The number of rotatable bonds is 10. The van der Waals surface area contributed by atoms with Crippen LogP contribution in [0.3, 0.4) is 0 Å². The third-order valence-electron chi connectivity index (χ3n) is 7.87.